The maximum Gasteiger partial charge on any atom is 0.137 e. The molecule has 1 fully saturated rings. The van der Waals surface area contributed by atoms with Gasteiger partial charge in [0.05, 0.1) is 19.3 Å². The van der Waals surface area contributed by atoms with E-state index in [1.165, 1.54) is 17.0 Å². The Morgan fingerprint density at radius 2 is 1.94 bits per heavy atom. The zero-order valence-electron chi connectivity index (χ0n) is 17.6. The van der Waals surface area contributed by atoms with Crippen LogP contribution in [0.3, 0.4) is 0 Å². The lowest BCUT2D eigenvalue weighted by Crippen LogP contribution is -2.51. The smallest absolute Gasteiger partial charge is 0.137 e. The topological polar surface area (TPSA) is 82.1 Å². The zero-order valence-corrected chi connectivity index (χ0v) is 17.6. The third-order valence-electron chi connectivity index (χ3n) is 5.81. The predicted octanol–water partition coefficient (Wildman–Crippen LogP) is 3.07. The molecule has 0 saturated carbocycles. The van der Waals surface area contributed by atoms with E-state index < -0.39 is 12.2 Å². The van der Waals surface area contributed by atoms with Gasteiger partial charge >= 0.3 is 0 Å². The molecule has 1 saturated heterocycles. The number of carbonyl (C=O) groups excluding carboxylic acids is 1. The van der Waals surface area contributed by atoms with Crippen LogP contribution >= 0.6 is 0 Å². The first kappa shape index (κ1) is 22.0. The van der Waals surface area contributed by atoms with Crippen molar-refractivity contribution in [1.29, 1.82) is 0 Å². The van der Waals surface area contributed by atoms with E-state index in [0.29, 0.717) is 18.7 Å². The van der Waals surface area contributed by atoms with Crippen LogP contribution in [0.5, 0.6) is 5.75 Å². The molecular weight excluding hydrogens is 413 g/mol. The molecule has 0 spiro atoms. The lowest BCUT2D eigenvalue weighted by atomic mass is 9.87. The summed E-state index contributed by atoms with van der Waals surface area (Å²) in [4.78, 5) is 12.7. The summed E-state index contributed by atoms with van der Waals surface area (Å²) in [6.07, 6.45) is -1.06. The Kier molecular flexibility index (Phi) is 6.87. The number of fused-ring (bicyclic) bond motifs is 1. The van der Waals surface area contributed by atoms with E-state index in [-0.39, 0.29) is 38.1 Å². The Hall–Kier alpha value is -3.16. The second-order valence-corrected chi connectivity index (χ2v) is 7.90. The second kappa shape index (κ2) is 9.97. The van der Waals surface area contributed by atoms with Gasteiger partial charge in [0.15, 0.2) is 0 Å². The SMILES string of the molecule is O=C([O-])N1CCC(c2ccc(F)cc2)C(OCc2cc(OCCO)c3ccccc3c2)C1. The van der Waals surface area contributed by atoms with Gasteiger partial charge in [-0.3, -0.25) is 0 Å². The van der Waals surface area contributed by atoms with Crippen molar-refractivity contribution in [2.45, 2.75) is 25.0 Å². The minimum atomic E-state index is -1.22. The summed E-state index contributed by atoms with van der Waals surface area (Å²) in [5.74, 6) is 0.285. The Morgan fingerprint density at radius 3 is 2.69 bits per heavy atom. The molecule has 7 heteroatoms. The third-order valence-corrected chi connectivity index (χ3v) is 5.81. The van der Waals surface area contributed by atoms with Gasteiger partial charge in [0.25, 0.3) is 0 Å². The largest absolute Gasteiger partial charge is 0.530 e. The minimum Gasteiger partial charge on any atom is -0.530 e. The summed E-state index contributed by atoms with van der Waals surface area (Å²) in [5, 5.41) is 22.5. The number of carboxylic acid groups (broad SMARTS) is 1. The first-order valence-electron chi connectivity index (χ1n) is 10.6. The van der Waals surface area contributed by atoms with Crippen molar-refractivity contribution in [3.05, 3.63) is 77.6 Å². The van der Waals surface area contributed by atoms with Gasteiger partial charge in [-0.2, -0.15) is 0 Å². The quantitative estimate of drug-likeness (QED) is 0.613. The predicted molar refractivity (Wildman–Crippen MR) is 116 cm³/mol. The number of hydrogen-bond acceptors (Lipinski definition) is 5. The van der Waals surface area contributed by atoms with Crippen LogP contribution in [-0.4, -0.2) is 48.5 Å². The highest BCUT2D eigenvalue weighted by Gasteiger charge is 2.31. The van der Waals surface area contributed by atoms with Gasteiger partial charge in [0, 0.05) is 24.4 Å². The van der Waals surface area contributed by atoms with E-state index in [1.807, 2.05) is 36.4 Å². The number of halogens is 1. The first-order chi connectivity index (χ1) is 15.5. The average molecular weight is 438 g/mol. The number of ether oxygens (including phenoxy) is 2. The second-order valence-electron chi connectivity index (χ2n) is 7.90. The van der Waals surface area contributed by atoms with Crippen LogP contribution in [0.25, 0.3) is 10.8 Å². The van der Waals surface area contributed by atoms with Crippen LogP contribution < -0.4 is 9.84 Å². The van der Waals surface area contributed by atoms with E-state index in [1.54, 1.807) is 12.1 Å². The van der Waals surface area contributed by atoms with Crippen molar-refractivity contribution >= 4 is 16.9 Å². The number of carbonyl (C=O) groups is 1. The molecule has 32 heavy (non-hydrogen) atoms. The standard InChI is InChI=1S/C25H26FNO5/c26-20-7-5-18(6-8-20)22-9-10-27(25(29)30)15-24(22)32-16-17-13-19-3-1-2-4-21(19)23(14-17)31-12-11-28/h1-8,13-14,22,24,28H,9-12,15-16H2,(H,29,30)/p-1. The molecule has 1 N–H and O–H groups in total. The molecule has 1 heterocycles. The molecule has 0 aliphatic carbocycles. The molecule has 2 unspecified atom stereocenters. The zero-order chi connectivity index (χ0) is 22.5. The average Bonchev–Trinajstić information content (AvgIpc) is 2.81. The van der Waals surface area contributed by atoms with E-state index in [0.717, 1.165) is 21.9 Å². The summed E-state index contributed by atoms with van der Waals surface area (Å²) in [6.45, 7) is 0.883. The molecule has 6 nitrogen and oxygen atoms in total. The van der Waals surface area contributed by atoms with Crippen LogP contribution in [-0.2, 0) is 11.3 Å². The highest BCUT2D eigenvalue weighted by Crippen LogP contribution is 2.33. The van der Waals surface area contributed by atoms with Gasteiger partial charge in [-0.1, -0.05) is 36.4 Å². The molecule has 1 aliphatic rings. The molecule has 168 valence electrons. The van der Waals surface area contributed by atoms with Crippen molar-refractivity contribution < 1.29 is 28.9 Å². The number of aliphatic hydroxyl groups is 1. The van der Waals surface area contributed by atoms with Crippen molar-refractivity contribution in [3.63, 3.8) is 0 Å². The fourth-order valence-electron chi connectivity index (χ4n) is 4.24. The summed E-state index contributed by atoms with van der Waals surface area (Å²) in [6, 6.07) is 17.9. The number of benzene rings is 3. The number of likely N-dealkylation sites (tertiary alicyclic amines) is 1. The van der Waals surface area contributed by atoms with Gasteiger partial charge in [-0.25, -0.2) is 4.39 Å². The minimum absolute atomic E-state index is 0.0586. The highest BCUT2D eigenvalue weighted by atomic mass is 19.1. The van der Waals surface area contributed by atoms with Crippen molar-refractivity contribution in [2.24, 2.45) is 0 Å². The maximum atomic E-state index is 13.4. The molecule has 1 aliphatic heterocycles. The molecular formula is C25H25FNO5-. The lowest BCUT2D eigenvalue weighted by molar-refractivity contribution is -0.268. The van der Waals surface area contributed by atoms with Gasteiger partial charge < -0.3 is 29.4 Å². The molecule has 2 atom stereocenters. The molecule has 0 radical (unpaired) electrons. The van der Waals surface area contributed by atoms with Crippen molar-refractivity contribution in [2.75, 3.05) is 26.3 Å². The fourth-order valence-corrected chi connectivity index (χ4v) is 4.24. The van der Waals surface area contributed by atoms with Gasteiger partial charge in [0.1, 0.15) is 24.3 Å². The Labute approximate surface area is 185 Å². The van der Waals surface area contributed by atoms with Crippen LogP contribution in [0.2, 0.25) is 0 Å². The van der Waals surface area contributed by atoms with Crippen molar-refractivity contribution in [1.82, 2.24) is 4.90 Å². The van der Waals surface area contributed by atoms with Gasteiger partial charge in [-0.05, 0) is 47.2 Å². The highest BCUT2D eigenvalue weighted by molar-refractivity contribution is 5.89. The Bertz CT molecular complexity index is 1070. The number of hydrogen-bond donors (Lipinski definition) is 1. The lowest BCUT2D eigenvalue weighted by Gasteiger charge is -2.40. The van der Waals surface area contributed by atoms with Crippen molar-refractivity contribution in [3.8, 4) is 5.75 Å². The molecule has 3 aromatic rings. The van der Waals surface area contributed by atoms with Gasteiger partial charge in [0.2, 0.25) is 0 Å². The number of aliphatic hydroxyl groups excluding tert-OH is 1. The molecule has 3 aromatic carbocycles. The normalized spacial score (nSPS) is 18.6. The number of nitrogens with zero attached hydrogens (tertiary/aromatic N) is 1. The number of piperidine rings is 1. The summed E-state index contributed by atoms with van der Waals surface area (Å²) >= 11 is 0. The molecule has 1 amide bonds. The third kappa shape index (κ3) is 5.00. The molecule has 0 aromatic heterocycles. The van der Waals surface area contributed by atoms with E-state index in [2.05, 4.69) is 0 Å². The summed E-state index contributed by atoms with van der Waals surface area (Å²) in [5.41, 5.74) is 1.79. The van der Waals surface area contributed by atoms with Gasteiger partial charge in [-0.15, -0.1) is 0 Å². The van der Waals surface area contributed by atoms with Crippen LogP contribution in [0.1, 0.15) is 23.5 Å². The first-order valence-corrected chi connectivity index (χ1v) is 10.6. The Morgan fingerprint density at radius 1 is 1.16 bits per heavy atom. The number of amides is 1. The Balaban J connectivity index is 1.56. The monoisotopic (exact) mass is 438 g/mol. The fraction of sp³-hybridized carbons (Fsp3) is 0.320. The van der Waals surface area contributed by atoms with E-state index in [4.69, 9.17) is 14.6 Å². The summed E-state index contributed by atoms with van der Waals surface area (Å²) < 4.78 is 25.3. The van der Waals surface area contributed by atoms with Crippen LogP contribution in [0.4, 0.5) is 9.18 Å². The van der Waals surface area contributed by atoms with Crippen LogP contribution in [0, 0.1) is 5.82 Å². The van der Waals surface area contributed by atoms with Crippen LogP contribution in [0.15, 0.2) is 60.7 Å². The number of rotatable bonds is 7. The van der Waals surface area contributed by atoms with E-state index >= 15 is 0 Å². The molecule has 0 bridgehead atoms. The summed E-state index contributed by atoms with van der Waals surface area (Å²) in [7, 11) is 0. The maximum absolute atomic E-state index is 13.4. The molecule has 4 rings (SSSR count). The van der Waals surface area contributed by atoms with E-state index in [9.17, 15) is 14.3 Å².